The first-order valence-corrected chi connectivity index (χ1v) is 9.32. The Morgan fingerprint density at radius 2 is 1.83 bits per heavy atom. The molecule has 0 radical (unpaired) electrons. The van der Waals surface area contributed by atoms with Gasteiger partial charge in [0, 0.05) is 17.3 Å². The number of rotatable bonds is 0. The number of alkyl halides is 1. The molecule has 3 nitrogen and oxygen atoms in total. The highest BCUT2D eigenvalue weighted by molar-refractivity contribution is 5.87. The molecule has 0 spiro atoms. The molecule has 4 fully saturated rings. The minimum Gasteiger partial charge on any atom is -0.393 e. The molecule has 0 unspecified atom stereocenters. The number of aliphatic hydroxyl groups excluding tert-OH is 2. The van der Waals surface area contributed by atoms with Gasteiger partial charge in [0.1, 0.15) is 11.5 Å². The van der Waals surface area contributed by atoms with Gasteiger partial charge >= 0.3 is 0 Å². The summed E-state index contributed by atoms with van der Waals surface area (Å²) in [6, 6.07) is 0. The van der Waals surface area contributed by atoms with Crippen LogP contribution in [0.2, 0.25) is 0 Å². The Balaban J connectivity index is 1.76. The summed E-state index contributed by atoms with van der Waals surface area (Å²) in [7, 11) is 0. The molecule has 8 atom stereocenters. The summed E-state index contributed by atoms with van der Waals surface area (Å²) in [5.74, 6) is 0.228. The van der Waals surface area contributed by atoms with Crippen molar-refractivity contribution in [1.82, 2.24) is 0 Å². The number of halogens is 1. The maximum Gasteiger partial charge on any atom is 0.145 e. The van der Waals surface area contributed by atoms with Crippen molar-refractivity contribution in [2.24, 2.45) is 28.6 Å². The SMILES string of the molecule is C[C@]12CC[C@@H](O)C[C@@H]1CC[C@H]1[C@H]3CCC(=O)[C@@]3(C)C[C@H](O)[C@@]12F. The van der Waals surface area contributed by atoms with Crippen molar-refractivity contribution >= 4 is 5.78 Å². The van der Waals surface area contributed by atoms with Gasteiger partial charge in [-0.05, 0) is 62.7 Å². The van der Waals surface area contributed by atoms with Crippen LogP contribution < -0.4 is 0 Å². The lowest BCUT2D eigenvalue weighted by Gasteiger charge is -2.64. The Morgan fingerprint density at radius 3 is 2.57 bits per heavy atom. The largest absolute Gasteiger partial charge is 0.393 e. The van der Waals surface area contributed by atoms with E-state index in [0.29, 0.717) is 25.7 Å². The second kappa shape index (κ2) is 4.78. The first-order chi connectivity index (χ1) is 10.7. The van der Waals surface area contributed by atoms with Crippen molar-refractivity contribution in [3.05, 3.63) is 0 Å². The molecule has 0 amide bonds. The van der Waals surface area contributed by atoms with Crippen LogP contribution in [-0.2, 0) is 4.79 Å². The second-order valence-electron chi connectivity index (χ2n) is 9.20. The van der Waals surface area contributed by atoms with Crippen molar-refractivity contribution in [2.75, 3.05) is 0 Å². The molecule has 23 heavy (non-hydrogen) atoms. The number of carbonyl (C=O) groups is 1. The number of hydrogen-bond donors (Lipinski definition) is 2. The van der Waals surface area contributed by atoms with E-state index in [-0.39, 0.29) is 36.1 Å². The summed E-state index contributed by atoms with van der Waals surface area (Å²) in [6.07, 6.45) is 3.79. The van der Waals surface area contributed by atoms with E-state index < -0.39 is 22.6 Å². The molecule has 4 aliphatic carbocycles. The highest BCUT2D eigenvalue weighted by Gasteiger charge is 2.71. The van der Waals surface area contributed by atoms with Crippen molar-refractivity contribution in [3.63, 3.8) is 0 Å². The van der Waals surface area contributed by atoms with Crippen molar-refractivity contribution in [1.29, 1.82) is 0 Å². The van der Waals surface area contributed by atoms with Crippen LogP contribution in [0.15, 0.2) is 0 Å². The zero-order valence-corrected chi connectivity index (χ0v) is 14.2. The van der Waals surface area contributed by atoms with Crippen LogP contribution in [-0.4, -0.2) is 33.9 Å². The summed E-state index contributed by atoms with van der Waals surface area (Å²) in [4.78, 5) is 12.4. The van der Waals surface area contributed by atoms with Crippen LogP contribution in [0.4, 0.5) is 4.39 Å². The molecule has 0 aromatic carbocycles. The first kappa shape index (κ1) is 16.0. The fourth-order valence-corrected chi connectivity index (χ4v) is 7.01. The van der Waals surface area contributed by atoms with Gasteiger partial charge < -0.3 is 10.2 Å². The maximum absolute atomic E-state index is 16.6. The summed E-state index contributed by atoms with van der Waals surface area (Å²) in [5.41, 5.74) is -2.70. The summed E-state index contributed by atoms with van der Waals surface area (Å²) < 4.78 is 16.6. The predicted molar refractivity (Wildman–Crippen MR) is 84.5 cm³/mol. The standard InChI is InChI=1S/C19H29FO3/c1-17-10-16(23)19(20)14(13(17)5-6-15(17)22)4-3-11-9-12(21)7-8-18(11,19)2/h11-14,16,21,23H,3-10H2,1-2H3/t11-,12+,13+,14-,16-,17-,18-,19-/m0/s1. The van der Waals surface area contributed by atoms with E-state index in [2.05, 4.69) is 0 Å². The third-order valence-corrected chi connectivity index (χ3v) is 8.42. The van der Waals surface area contributed by atoms with Gasteiger partial charge in [0.15, 0.2) is 0 Å². The lowest BCUT2D eigenvalue weighted by molar-refractivity contribution is -0.244. The summed E-state index contributed by atoms with van der Waals surface area (Å²) in [6.45, 7) is 3.95. The van der Waals surface area contributed by atoms with Gasteiger partial charge in [0.25, 0.3) is 0 Å². The number of ketones is 1. The monoisotopic (exact) mass is 324 g/mol. The fourth-order valence-electron chi connectivity index (χ4n) is 7.01. The average molecular weight is 324 g/mol. The number of aliphatic hydroxyl groups is 2. The lowest BCUT2D eigenvalue weighted by Crippen LogP contribution is -2.69. The van der Waals surface area contributed by atoms with Crippen LogP contribution in [0.5, 0.6) is 0 Å². The third kappa shape index (κ3) is 1.80. The Hall–Kier alpha value is -0.480. The van der Waals surface area contributed by atoms with E-state index in [1.165, 1.54) is 0 Å². The molecule has 0 aromatic rings. The molecule has 0 heterocycles. The van der Waals surface area contributed by atoms with Crippen molar-refractivity contribution in [2.45, 2.75) is 83.1 Å². The highest BCUT2D eigenvalue weighted by atomic mass is 19.1. The number of hydrogen-bond acceptors (Lipinski definition) is 3. The second-order valence-corrected chi connectivity index (χ2v) is 9.20. The molecule has 0 bridgehead atoms. The molecule has 4 saturated carbocycles. The van der Waals surface area contributed by atoms with Crippen LogP contribution >= 0.6 is 0 Å². The van der Waals surface area contributed by atoms with Gasteiger partial charge in [-0.15, -0.1) is 0 Å². The first-order valence-electron chi connectivity index (χ1n) is 9.32. The van der Waals surface area contributed by atoms with E-state index in [1.54, 1.807) is 0 Å². The molecule has 0 aromatic heterocycles. The minimum atomic E-state index is -1.61. The number of fused-ring (bicyclic) bond motifs is 5. The number of Topliss-reactive ketones (excluding diaryl/α,β-unsaturated/α-hetero) is 1. The van der Waals surface area contributed by atoms with Crippen LogP contribution in [0.1, 0.15) is 65.2 Å². The van der Waals surface area contributed by atoms with Gasteiger partial charge in [-0.3, -0.25) is 4.79 Å². The van der Waals surface area contributed by atoms with Crippen LogP contribution in [0, 0.1) is 28.6 Å². The average Bonchev–Trinajstić information content (AvgIpc) is 2.77. The van der Waals surface area contributed by atoms with E-state index in [1.807, 2.05) is 13.8 Å². The zero-order chi connectivity index (χ0) is 16.6. The predicted octanol–water partition coefficient (Wildman–Crippen LogP) is 3.02. The maximum atomic E-state index is 16.6. The Labute approximate surface area is 137 Å². The highest BCUT2D eigenvalue weighted by Crippen LogP contribution is 2.68. The third-order valence-electron chi connectivity index (χ3n) is 8.42. The Kier molecular flexibility index (Phi) is 3.33. The molecule has 0 saturated heterocycles. The molecule has 4 rings (SSSR count). The Morgan fingerprint density at radius 1 is 1.09 bits per heavy atom. The van der Waals surface area contributed by atoms with Gasteiger partial charge in [-0.2, -0.15) is 0 Å². The van der Waals surface area contributed by atoms with E-state index in [4.69, 9.17) is 0 Å². The van der Waals surface area contributed by atoms with Gasteiger partial charge in [0.2, 0.25) is 0 Å². The topological polar surface area (TPSA) is 57.5 Å². The van der Waals surface area contributed by atoms with E-state index in [0.717, 1.165) is 19.3 Å². The summed E-state index contributed by atoms with van der Waals surface area (Å²) >= 11 is 0. The van der Waals surface area contributed by atoms with Crippen LogP contribution in [0.25, 0.3) is 0 Å². The normalized spacial score (nSPS) is 59.2. The fraction of sp³-hybridized carbons (Fsp3) is 0.947. The number of carbonyl (C=O) groups excluding carboxylic acids is 1. The molecule has 130 valence electrons. The molecule has 2 N–H and O–H groups in total. The quantitative estimate of drug-likeness (QED) is 0.720. The van der Waals surface area contributed by atoms with E-state index in [9.17, 15) is 15.0 Å². The van der Waals surface area contributed by atoms with E-state index >= 15 is 4.39 Å². The molecular formula is C19H29FO3. The van der Waals surface area contributed by atoms with Crippen molar-refractivity contribution < 1.29 is 19.4 Å². The van der Waals surface area contributed by atoms with Gasteiger partial charge in [-0.1, -0.05) is 13.8 Å². The Bertz CT molecular complexity index is 537. The lowest BCUT2D eigenvalue weighted by atomic mass is 9.43. The summed E-state index contributed by atoms with van der Waals surface area (Å²) in [5, 5.41) is 20.9. The zero-order valence-electron chi connectivity index (χ0n) is 14.2. The smallest absolute Gasteiger partial charge is 0.145 e. The van der Waals surface area contributed by atoms with Gasteiger partial charge in [0.05, 0.1) is 12.2 Å². The van der Waals surface area contributed by atoms with Gasteiger partial charge in [-0.25, -0.2) is 4.39 Å². The minimum absolute atomic E-state index is 0.0769. The van der Waals surface area contributed by atoms with Crippen LogP contribution in [0.3, 0.4) is 0 Å². The molecule has 0 aliphatic heterocycles. The molecule has 4 heteroatoms. The van der Waals surface area contributed by atoms with Crippen molar-refractivity contribution in [3.8, 4) is 0 Å². The molecular weight excluding hydrogens is 295 g/mol. The molecule has 4 aliphatic rings.